The normalized spacial score (nSPS) is 9.73. The molecule has 1 rings (SSSR count). The summed E-state index contributed by atoms with van der Waals surface area (Å²) in [6, 6.07) is 3.21. The smallest absolute Gasteiger partial charge is 0.422 e. The number of hydrogen-bond acceptors (Lipinski definition) is 4. The van der Waals surface area contributed by atoms with Gasteiger partial charge < -0.3 is 15.2 Å². The molecule has 0 amide bonds. The number of aliphatic hydroxyl groups is 1. The summed E-state index contributed by atoms with van der Waals surface area (Å²) in [5.41, 5.74) is 0.539. The van der Waals surface area contributed by atoms with Gasteiger partial charge in [0.1, 0.15) is 0 Å². The van der Waals surface area contributed by atoms with Crippen molar-refractivity contribution in [2.75, 3.05) is 0 Å². The molecule has 11 heavy (non-hydrogen) atoms. The second kappa shape index (κ2) is 3.48. The first-order chi connectivity index (χ1) is 5.25. The second-order valence-corrected chi connectivity index (χ2v) is 2.08. The minimum atomic E-state index is -1.61. The van der Waals surface area contributed by atoms with Gasteiger partial charge in [0.15, 0.2) is 0 Å². The van der Waals surface area contributed by atoms with E-state index in [0.717, 1.165) is 0 Å². The van der Waals surface area contributed by atoms with Gasteiger partial charge >= 0.3 is 7.12 Å². The van der Waals surface area contributed by atoms with Gasteiger partial charge in [-0.1, -0.05) is 6.07 Å². The van der Waals surface area contributed by atoms with Crippen LogP contribution in [0.5, 0.6) is 0 Å². The first-order valence-corrected chi connectivity index (χ1v) is 3.16. The standard InChI is InChI=1S/C6H8BNO3/c9-4-5-2-1-3-8-6(5)7(10)11/h1-3,9-11H,4H2. The Kier molecular flexibility index (Phi) is 2.59. The van der Waals surface area contributed by atoms with Crippen molar-refractivity contribution in [2.24, 2.45) is 0 Å². The zero-order valence-corrected chi connectivity index (χ0v) is 5.81. The molecule has 4 nitrogen and oxygen atoms in total. The molecule has 0 fully saturated rings. The van der Waals surface area contributed by atoms with Gasteiger partial charge in [-0.15, -0.1) is 0 Å². The topological polar surface area (TPSA) is 73.6 Å². The molecule has 0 spiro atoms. The van der Waals surface area contributed by atoms with E-state index in [4.69, 9.17) is 15.2 Å². The Labute approximate surface area is 64.3 Å². The number of aromatic nitrogens is 1. The molecule has 58 valence electrons. The third kappa shape index (κ3) is 1.77. The van der Waals surface area contributed by atoms with Gasteiger partial charge in [-0.3, -0.25) is 4.98 Å². The molecule has 1 heterocycles. The predicted molar refractivity (Wildman–Crippen MR) is 40.0 cm³/mol. The Morgan fingerprint density at radius 3 is 2.64 bits per heavy atom. The zero-order valence-electron chi connectivity index (χ0n) is 5.81. The van der Waals surface area contributed by atoms with Gasteiger partial charge in [-0.25, -0.2) is 0 Å². The Balaban J connectivity index is 3.02. The third-order valence-electron chi connectivity index (χ3n) is 1.34. The van der Waals surface area contributed by atoms with Crippen molar-refractivity contribution in [1.82, 2.24) is 4.98 Å². The van der Waals surface area contributed by atoms with Crippen molar-refractivity contribution in [3.8, 4) is 0 Å². The first-order valence-electron chi connectivity index (χ1n) is 3.16. The monoisotopic (exact) mass is 153 g/mol. The highest BCUT2D eigenvalue weighted by Gasteiger charge is 2.15. The van der Waals surface area contributed by atoms with E-state index in [1.54, 1.807) is 12.1 Å². The summed E-state index contributed by atoms with van der Waals surface area (Å²) in [5, 5.41) is 26.1. The van der Waals surface area contributed by atoms with Crippen LogP contribution >= 0.6 is 0 Å². The summed E-state index contributed by atoms with van der Waals surface area (Å²) in [4.78, 5) is 3.69. The Hall–Kier alpha value is -0.905. The lowest BCUT2D eigenvalue weighted by Crippen LogP contribution is -2.35. The van der Waals surface area contributed by atoms with Gasteiger partial charge in [0, 0.05) is 6.20 Å². The molecule has 0 aromatic carbocycles. The van der Waals surface area contributed by atoms with Crippen molar-refractivity contribution in [3.63, 3.8) is 0 Å². The van der Waals surface area contributed by atoms with E-state index in [1.165, 1.54) is 6.20 Å². The molecule has 0 aliphatic heterocycles. The highest BCUT2D eigenvalue weighted by molar-refractivity contribution is 6.58. The fourth-order valence-electron chi connectivity index (χ4n) is 0.817. The third-order valence-corrected chi connectivity index (χ3v) is 1.34. The molecule has 1 aromatic rings. The molecule has 0 radical (unpaired) electrons. The van der Waals surface area contributed by atoms with Crippen LogP contribution in [0.15, 0.2) is 18.3 Å². The molecule has 5 heteroatoms. The summed E-state index contributed by atoms with van der Waals surface area (Å²) in [6.07, 6.45) is 1.44. The van der Waals surface area contributed by atoms with Crippen molar-refractivity contribution >= 4 is 12.7 Å². The van der Waals surface area contributed by atoms with E-state index in [-0.39, 0.29) is 12.2 Å². The molecule has 0 saturated carbocycles. The molecule has 0 unspecified atom stereocenters. The number of hydrogen-bond donors (Lipinski definition) is 3. The summed E-state index contributed by atoms with van der Waals surface area (Å²) >= 11 is 0. The minimum absolute atomic E-state index is 0.106. The van der Waals surface area contributed by atoms with Crippen LogP contribution in [0.25, 0.3) is 0 Å². The fourth-order valence-corrected chi connectivity index (χ4v) is 0.817. The molecule has 0 aliphatic carbocycles. The van der Waals surface area contributed by atoms with E-state index in [1.807, 2.05) is 0 Å². The van der Waals surface area contributed by atoms with Crippen LogP contribution < -0.4 is 5.59 Å². The second-order valence-electron chi connectivity index (χ2n) is 2.08. The Morgan fingerprint density at radius 1 is 1.45 bits per heavy atom. The van der Waals surface area contributed by atoms with E-state index >= 15 is 0 Å². The van der Waals surface area contributed by atoms with Crippen molar-refractivity contribution < 1.29 is 15.2 Å². The van der Waals surface area contributed by atoms with E-state index in [0.29, 0.717) is 5.56 Å². The average molecular weight is 153 g/mol. The first kappa shape index (κ1) is 8.19. The minimum Gasteiger partial charge on any atom is -0.422 e. The molecule has 3 N–H and O–H groups in total. The van der Waals surface area contributed by atoms with Crippen LogP contribution in [0.2, 0.25) is 0 Å². The van der Waals surface area contributed by atoms with Crippen molar-refractivity contribution in [2.45, 2.75) is 6.61 Å². The highest BCUT2D eigenvalue weighted by atomic mass is 16.4. The summed E-state index contributed by atoms with van der Waals surface area (Å²) in [7, 11) is -1.61. The van der Waals surface area contributed by atoms with Crippen LogP contribution in [0, 0.1) is 0 Å². The Morgan fingerprint density at radius 2 is 2.18 bits per heavy atom. The lowest BCUT2D eigenvalue weighted by Gasteiger charge is -2.02. The lowest BCUT2D eigenvalue weighted by molar-refractivity contribution is 0.281. The number of pyridine rings is 1. The summed E-state index contributed by atoms with van der Waals surface area (Å²) < 4.78 is 0. The van der Waals surface area contributed by atoms with E-state index in [2.05, 4.69) is 4.98 Å². The summed E-state index contributed by atoms with van der Waals surface area (Å²) in [6.45, 7) is -0.235. The van der Waals surface area contributed by atoms with E-state index < -0.39 is 7.12 Å². The number of aliphatic hydroxyl groups excluding tert-OH is 1. The zero-order chi connectivity index (χ0) is 8.27. The van der Waals surface area contributed by atoms with Gasteiger partial charge in [0.2, 0.25) is 0 Å². The maximum atomic E-state index is 8.72. The molecule has 0 aliphatic rings. The van der Waals surface area contributed by atoms with Crippen LogP contribution in [-0.4, -0.2) is 27.3 Å². The molecule has 1 aromatic heterocycles. The highest BCUT2D eigenvalue weighted by Crippen LogP contribution is 1.92. The van der Waals surface area contributed by atoms with Crippen LogP contribution in [0.4, 0.5) is 0 Å². The Bertz CT molecular complexity index is 241. The van der Waals surface area contributed by atoms with Gasteiger partial charge in [0.05, 0.1) is 12.2 Å². The number of rotatable bonds is 2. The summed E-state index contributed by atoms with van der Waals surface area (Å²) in [5.74, 6) is 0. The molecule has 0 bridgehead atoms. The molecular formula is C6H8BNO3. The maximum absolute atomic E-state index is 8.72. The predicted octanol–water partition coefficient (Wildman–Crippen LogP) is -1.75. The van der Waals surface area contributed by atoms with Crippen LogP contribution in [-0.2, 0) is 6.61 Å². The lowest BCUT2D eigenvalue weighted by atomic mass is 9.82. The van der Waals surface area contributed by atoms with Gasteiger partial charge in [-0.2, -0.15) is 0 Å². The number of nitrogens with zero attached hydrogens (tertiary/aromatic N) is 1. The average Bonchev–Trinajstić information content (AvgIpc) is 2.04. The quantitative estimate of drug-likeness (QED) is 0.440. The van der Waals surface area contributed by atoms with Crippen molar-refractivity contribution in [1.29, 1.82) is 0 Å². The molecule has 0 atom stereocenters. The van der Waals surface area contributed by atoms with E-state index in [9.17, 15) is 0 Å². The van der Waals surface area contributed by atoms with Crippen LogP contribution in [0.3, 0.4) is 0 Å². The van der Waals surface area contributed by atoms with Gasteiger partial charge in [0.25, 0.3) is 0 Å². The fraction of sp³-hybridized carbons (Fsp3) is 0.167. The molecular weight excluding hydrogens is 145 g/mol. The van der Waals surface area contributed by atoms with Crippen molar-refractivity contribution in [3.05, 3.63) is 23.9 Å². The van der Waals surface area contributed by atoms with Crippen LogP contribution in [0.1, 0.15) is 5.56 Å². The molecule has 0 saturated heterocycles. The largest absolute Gasteiger partial charge is 0.508 e. The van der Waals surface area contributed by atoms with Gasteiger partial charge in [-0.05, 0) is 11.6 Å². The maximum Gasteiger partial charge on any atom is 0.508 e. The SMILES string of the molecule is OCc1cccnc1B(O)O.